The summed E-state index contributed by atoms with van der Waals surface area (Å²) in [5.74, 6) is -2.74. The molecule has 8 nitrogen and oxygen atoms in total. The third-order valence-electron chi connectivity index (χ3n) is 7.71. The monoisotopic (exact) mass is 524 g/mol. The lowest BCUT2D eigenvalue weighted by molar-refractivity contribution is -0.122. The standard InChI is InChI=1S/C28H34F2N6O2/c1-3-4-24(37)34-25(18-5-6-18)20-13-23-33-22(16-36(23)32-15-20)26(19-7-10-28(29,30)11-8-19)35-27(38)21-9-12-31-14-17(21)2/h9,12-16,18-19,25-26H,3-8,10-11H2,1-2H3,(H,34,37)(H,35,38)/t25-,26+/m1/s1. The fourth-order valence-corrected chi connectivity index (χ4v) is 5.38. The summed E-state index contributed by atoms with van der Waals surface area (Å²) in [6, 6.07) is 2.92. The van der Waals surface area contributed by atoms with Crippen LogP contribution in [0.5, 0.6) is 0 Å². The number of nitrogens with one attached hydrogen (secondary N) is 2. The van der Waals surface area contributed by atoms with Crippen LogP contribution in [0.4, 0.5) is 8.78 Å². The molecule has 0 aromatic carbocycles. The number of hydrogen-bond acceptors (Lipinski definition) is 5. The van der Waals surface area contributed by atoms with Gasteiger partial charge in [0, 0.05) is 37.2 Å². The van der Waals surface area contributed by atoms with Gasteiger partial charge in [-0.1, -0.05) is 6.92 Å². The molecular weight excluding hydrogens is 490 g/mol. The first-order valence-electron chi connectivity index (χ1n) is 13.5. The van der Waals surface area contributed by atoms with E-state index in [9.17, 15) is 18.4 Å². The highest BCUT2D eigenvalue weighted by atomic mass is 19.3. The molecule has 5 rings (SSSR count). The number of amides is 2. The number of carbonyl (C=O) groups is 2. The second kappa shape index (κ2) is 10.7. The van der Waals surface area contributed by atoms with Gasteiger partial charge in [0.25, 0.3) is 5.91 Å². The van der Waals surface area contributed by atoms with Crippen LogP contribution < -0.4 is 10.6 Å². The minimum Gasteiger partial charge on any atom is -0.349 e. The maximum Gasteiger partial charge on any atom is 0.252 e. The molecule has 10 heteroatoms. The first-order chi connectivity index (χ1) is 18.2. The van der Waals surface area contributed by atoms with E-state index in [2.05, 4.69) is 20.7 Å². The zero-order chi connectivity index (χ0) is 26.9. The van der Waals surface area contributed by atoms with E-state index in [1.165, 1.54) is 0 Å². The molecule has 2 fully saturated rings. The average molecular weight is 525 g/mol. The van der Waals surface area contributed by atoms with Gasteiger partial charge in [-0.25, -0.2) is 18.3 Å². The van der Waals surface area contributed by atoms with Gasteiger partial charge >= 0.3 is 0 Å². The highest BCUT2D eigenvalue weighted by Crippen LogP contribution is 2.42. The van der Waals surface area contributed by atoms with E-state index < -0.39 is 12.0 Å². The second-order valence-corrected chi connectivity index (χ2v) is 10.7. The molecule has 38 heavy (non-hydrogen) atoms. The number of nitrogens with zero attached hydrogens (tertiary/aromatic N) is 4. The van der Waals surface area contributed by atoms with E-state index in [0.717, 1.165) is 30.4 Å². The van der Waals surface area contributed by atoms with Crippen LogP contribution in [-0.4, -0.2) is 37.3 Å². The lowest BCUT2D eigenvalue weighted by atomic mass is 9.81. The first kappa shape index (κ1) is 26.2. The fraction of sp³-hybridized carbons (Fsp3) is 0.536. The van der Waals surface area contributed by atoms with E-state index in [4.69, 9.17) is 4.98 Å². The van der Waals surface area contributed by atoms with Crippen LogP contribution in [0.2, 0.25) is 0 Å². The second-order valence-electron chi connectivity index (χ2n) is 10.7. The SMILES string of the molecule is CCCC(=O)N[C@@H](c1cnn2cc([C@@H](NC(=O)c3ccncc3C)C3CCC(F)(F)CC3)nc2c1)C1CC1. The Morgan fingerprint density at radius 3 is 2.53 bits per heavy atom. The summed E-state index contributed by atoms with van der Waals surface area (Å²) >= 11 is 0. The number of halogens is 2. The Bertz CT molecular complexity index is 1310. The van der Waals surface area contributed by atoms with Gasteiger partial charge in [0.1, 0.15) is 0 Å². The number of imidazole rings is 1. The Labute approximate surface area is 220 Å². The van der Waals surface area contributed by atoms with Crippen LogP contribution in [-0.2, 0) is 4.79 Å². The number of aromatic nitrogens is 4. The largest absolute Gasteiger partial charge is 0.349 e. The fourth-order valence-electron chi connectivity index (χ4n) is 5.38. The molecular formula is C28H34F2N6O2. The Balaban J connectivity index is 1.44. The van der Waals surface area contributed by atoms with Crippen molar-refractivity contribution in [3.05, 3.63) is 59.3 Å². The summed E-state index contributed by atoms with van der Waals surface area (Å²) in [5, 5.41) is 10.8. The van der Waals surface area contributed by atoms with Crippen LogP contribution in [0.1, 0.15) is 97.6 Å². The topological polar surface area (TPSA) is 101 Å². The van der Waals surface area contributed by atoms with Gasteiger partial charge in [-0.15, -0.1) is 0 Å². The number of alkyl halides is 2. The van der Waals surface area contributed by atoms with Gasteiger partial charge in [0.05, 0.1) is 30.2 Å². The van der Waals surface area contributed by atoms with Crippen LogP contribution in [0, 0.1) is 18.8 Å². The van der Waals surface area contributed by atoms with Crippen molar-refractivity contribution in [2.24, 2.45) is 11.8 Å². The third kappa shape index (κ3) is 5.84. The van der Waals surface area contributed by atoms with E-state index in [-0.39, 0.29) is 49.5 Å². The molecule has 0 unspecified atom stereocenters. The van der Waals surface area contributed by atoms with Gasteiger partial charge in [0.15, 0.2) is 5.65 Å². The van der Waals surface area contributed by atoms with Crippen molar-refractivity contribution >= 4 is 17.5 Å². The molecule has 3 aromatic rings. The van der Waals surface area contributed by atoms with Crippen molar-refractivity contribution in [1.29, 1.82) is 0 Å². The maximum absolute atomic E-state index is 14.0. The molecule has 0 saturated heterocycles. The Kier molecular flexibility index (Phi) is 7.40. The molecule has 0 spiro atoms. The Morgan fingerprint density at radius 1 is 1.11 bits per heavy atom. The Hall–Kier alpha value is -3.43. The predicted molar refractivity (Wildman–Crippen MR) is 138 cm³/mol. The Morgan fingerprint density at radius 2 is 1.84 bits per heavy atom. The van der Waals surface area contributed by atoms with Crippen LogP contribution >= 0.6 is 0 Å². The molecule has 0 aliphatic heterocycles. The van der Waals surface area contributed by atoms with E-state index in [1.807, 2.05) is 19.9 Å². The molecule has 0 bridgehead atoms. The average Bonchev–Trinajstić information content (AvgIpc) is 3.64. The number of carbonyl (C=O) groups excluding carboxylic acids is 2. The van der Waals surface area contributed by atoms with Crippen molar-refractivity contribution in [2.45, 2.75) is 83.2 Å². The zero-order valence-corrected chi connectivity index (χ0v) is 21.8. The van der Waals surface area contributed by atoms with Crippen LogP contribution in [0.25, 0.3) is 5.65 Å². The molecule has 2 aliphatic carbocycles. The maximum atomic E-state index is 14.0. The highest BCUT2D eigenvalue weighted by Gasteiger charge is 2.39. The lowest BCUT2D eigenvalue weighted by Gasteiger charge is -2.33. The summed E-state index contributed by atoms with van der Waals surface area (Å²) in [7, 11) is 0. The first-order valence-corrected chi connectivity index (χ1v) is 13.5. The molecule has 202 valence electrons. The molecule has 2 atom stereocenters. The van der Waals surface area contributed by atoms with E-state index in [1.54, 1.807) is 35.4 Å². The molecule has 2 saturated carbocycles. The van der Waals surface area contributed by atoms with Crippen molar-refractivity contribution in [3.63, 3.8) is 0 Å². The van der Waals surface area contributed by atoms with Crippen molar-refractivity contribution in [3.8, 4) is 0 Å². The van der Waals surface area contributed by atoms with Gasteiger partial charge in [0.2, 0.25) is 11.8 Å². The van der Waals surface area contributed by atoms with Crippen molar-refractivity contribution in [2.75, 3.05) is 0 Å². The zero-order valence-electron chi connectivity index (χ0n) is 21.8. The van der Waals surface area contributed by atoms with Gasteiger partial charge in [-0.05, 0) is 74.1 Å². The molecule has 2 N–H and O–H groups in total. The van der Waals surface area contributed by atoms with E-state index in [0.29, 0.717) is 29.2 Å². The third-order valence-corrected chi connectivity index (χ3v) is 7.71. The summed E-state index contributed by atoms with van der Waals surface area (Å²) in [5.41, 5.74) is 3.30. The minimum absolute atomic E-state index is 0.0246. The van der Waals surface area contributed by atoms with Crippen molar-refractivity contribution < 1.29 is 18.4 Å². The molecule has 3 heterocycles. The minimum atomic E-state index is -2.68. The quantitative estimate of drug-likeness (QED) is 0.406. The van der Waals surface area contributed by atoms with Gasteiger partial charge in [-0.2, -0.15) is 5.10 Å². The molecule has 2 amide bonds. The summed E-state index contributed by atoms with van der Waals surface area (Å²) < 4.78 is 29.6. The molecule has 0 radical (unpaired) electrons. The van der Waals surface area contributed by atoms with Crippen molar-refractivity contribution in [1.82, 2.24) is 30.2 Å². The lowest BCUT2D eigenvalue weighted by Crippen LogP contribution is -2.37. The molecule has 3 aromatic heterocycles. The summed E-state index contributed by atoms with van der Waals surface area (Å²) in [6.45, 7) is 3.79. The number of pyridine rings is 1. The van der Waals surface area contributed by atoms with Crippen LogP contribution in [0.15, 0.2) is 36.9 Å². The summed E-state index contributed by atoms with van der Waals surface area (Å²) in [6.07, 6.45) is 10.2. The predicted octanol–water partition coefficient (Wildman–Crippen LogP) is 5.10. The van der Waals surface area contributed by atoms with Gasteiger partial charge < -0.3 is 10.6 Å². The number of fused-ring (bicyclic) bond motifs is 1. The number of hydrogen-bond donors (Lipinski definition) is 2. The normalized spacial score (nSPS) is 19.2. The number of aryl methyl sites for hydroxylation is 1. The molecule has 2 aliphatic rings. The van der Waals surface area contributed by atoms with E-state index >= 15 is 0 Å². The van der Waals surface area contributed by atoms with Crippen LogP contribution in [0.3, 0.4) is 0 Å². The number of rotatable bonds is 9. The summed E-state index contributed by atoms with van der Waals surface area (Å²) in [4.78, 5) is 34.4. The smallest absolute Gasteiger partial charge is 0.252 e. The highest BCUT2D eigenvalue weighted by molar-refractivity contribution is 5.95. The van der Waals surface area contributed by atoms with Gasteiger partial charge in [-0.3, -0.25) is 14.6 Å².